The van der Waals surface area contributed by atoms with Crippen LogP contribution in [0.25, 0.3) is 0 Å². The second kappa shape index (κ2) is 19.6. The van der Waals surface area contributed by atoms with E-state index in [-0.39, 0.29) is 37.2 Å². The number of hydrazine groups is 1. The van der Waals surface area contributed by atoms with E-state index >= 15 is 0 Å². The molecular formula is C26H45Cl3N4O5. The van der Waals surface area contributed by atoms with E-state index in [9.17, 15) is 4.79 Å². The molecule has 1 aromatic rings. The number of aryl methyl sites for hydroxylation is 1. The van der Waals surface area contributed by atoms with Gasteiger partial charge in [0.25, 0.3) is 0 Å². The van der Waals surface area contributed by atoms with Crippen LogP contribution in [0.4, 0.5) is 4.79 Å². The molecule has 3 N–H and O–H groups in total. The number of hydrogen-bond donors (Lipinski definition) is 3. The molecule has 0 spiro atoms. The van der Waals surface area contributed by atoms with Gasteiger partial charge in [-0.05, 0) is 62.9 Å². The molecule has 0 atom stereocenters. The van der Waals surface area contributed by atoms with E-state index in [1.165, 1.54) is 37.7 Å². The molecule has 1 aromatic carbocycles. The molecule has 220 valence electrons. The van der Waals surface area contributed by atoms with Crippen LogP contribution in [0.2, 0.25) is 0 Å². The van der Waals surface area contributed by atoms with Gasteiger partial charge in [-0.1, -0.05) is 31.4 Å². The summed E-state index contributed by atoms with van der Waals surface area (Å²) in [7, 11) is 1.69. The van der Waals surface area contributed by atoms with Gasteiger partial charge in [0.1, 0.15) is 5.75 Å². The number of ether oxygens (including phenoxy) is 1. The first-order chi connectivity index (χ1) is 17.0. The smallest absolute Gasteiger partial charge is 0.497 e. The first-order valence-electron chi connectivity index (χ1n) is 13.0. The summed E-state index contributed by atoms with van der Waals surface area (Å²) < 4.78 is 5.25. The number of carboxylic acid groups (broad SMARTS) is 2. The minimum absolute atomic E-state index is 0. The monoisotopic (exact) mass is 598 g/mol. The molecule has 2 saturated heterocycles. The fourth-order valence-electron chi connectivity index (χ4n) is 5.54. The van der Waals surface area contributed by atoms with Crippen molar-refractivity contribution in [1.82, 2.24) is 20.2 Å². The van der Waals surface area contributed by atoms with Crippen molar-refractivity contribution in [3.05, 3.63) is 29.8 Å². The van der Waals surface area contributed by atoms with Gasteiger partial charge in [-0.2, -0.15) is 0 Å². The second-order valence-corrected chi connectivity index (χ2v) is 9.63. The molecule has 0 radical (unpaired) electrons. The third kappa shape index (κ3) is 11.7. The van der Waals surface area contributed by atoms with Crippen LogP contribution >= 0.6 is 37.2 Å². The van der Waals surface area contributed by atoms with Crippen molar-refractivity contribution in [3.8, 4) is 5.75 Å². The maximum absolute atomic E-state index is 13.5. The lowest BCUT2D eigenvalue weighted by Gasteiger charge is -2.47. The number of halogens is 3. The quantitative estimate of drug-likeness (QED) is 0.419. The van der Waals surface area contributed by atoms with Gasteiger partial charge in [0.15, 0.2) is 0 Å². The number of carbonyl (C=O) groups is 2. The minimum Gasteiger partial charge on any atom is -0.497 e. The molecule has 4 rings (SSSR count). The van der Waals surface area contributed by atoms with Crippen molar-refractivity contribution in [2.45, 2.75) is 69.9 Å². The van der Waals surface area contributed by atoms with Gasteiger partial charge in [-0.3, -0.25) is 14.7 Å². The van der Waals surface area contributed by atoms with Crippen LogP contribution in [0.1, 0.15) is 56.9 Å². The zero-order valence-electron chi connectivity index (χ0n) is 22.3. The lowest BCUT2D eigenvalue weighted by molar-refractivity contribution is -0.162. The molecule has 38 heavy (non-hydrogen) atoms. The highest BCUT2D eigenvalue weighted by molar-refractivity contribution is 5.86. The predicted octanol–water partition coefficient (Wildman–Crippen LogP) is 4.56. The molecule has 1 amide bonds. The second-order valence-electron chi connectivity index (χ2n) is 9.63. The van der Waals surface area contributed by atoms with E-state index in [0.29, 0.717) is 18.4 Å². The number of rotatable bonds is 7. The fourth-order valence-corrected chi connectivity index (χ4v) is 5.54. The number of methoxy groups -OCH3 is 1. The van der Waals surface area contributed by atoms with Crippen LogP contribution in [0.5, 0.6) is 5.75 Å². The van der Waals surface area contributed by atoms with E-state index in [4.69, 9.17) is 19.7 Å². The van der Waals surface area contributed by atoms with Crippen molar-refractivity contribution >= 4 is 49.3 Å². The molecule has 0 unspecified atom stereocenters. The number of piperazine rings is 1. The number of amides is 1. The standard InChI is InChI=1S/C25H40N4O2.CH2O3.3ClH/c1-31-24-10-7-21(8-11-24)9-12-25(30)29(23-5-3-2-4-6-23)28-19-17-27(18-20-28)22-13-15-26-16-14-22;2-1(3)4;;;/h7-8,10-11,22-23,26H,2-6,9,12-20H2,1H3;(H2,2,3,4);3*1H. The maximum atomic E-state index is 13.5. The molecule has 1 aliphatic carbocycles. The molecule has 12 heteroatoms. The van der Waals surface area contributed by atoms with Gasteiger partial charge in [0.2, 0.25) is 5.91 Å². The van der Waals surface area contributed by atoms with Gasteiger partial charge < -0.3 is 20.3 Å². The van der Waals surface area contributed by atoms with Crippen LogP contribution in [0.15, 0.2) is 24.3 Å². The third-order valence-electron chi connectivity index (χ3n) is 7.38. The Balaban J connectivity index is 0.00000183. The highest BCUT2D eigenvalue weighted by atomic mass is 35.5. The number of benzene rings is 1. The van der Waals surface area contributed by atoms with E-state index in [0.717, 1.165) is 70.3 Å². The van der Waals surface area contributed by atoms with Gasteiger partial charge in [0, 0.05) is 44.7 Å². The average Bonchev–Trinajstić information content (AvgIpc) is 2.89. The molecule has 2 aliphatic heterocycles. The van der Waals surface area contributed by atoms with E-state index < -0.39 is 6.16 Å². The molecule has 3 fully saturated rings. The summed E-state index contributed by atoms with van der Waals surface area (Å²) >= 11 is 0. The Morgan fingerprint density at radius 3 is 2.00 bits per heavy atom. The summed E-state index contributed by atoms with van der Waals surface area (Å²) in [5.74, 6) is 1.17. The molecule has 3 aliphatic rings. The Labute approximate surface area is 245 Å². The predicted molar refractivity (Wildman–Crippen MR) is 156 cm³/mol. The van der Waals surface area contributed by atoms with Gasteiger partial charge in [-0.15, -0.1) is 37.2 Å². The Bertz CT molecular complexity index is 782. The van der Waals surface area contributed by atoms with Crippen molar-refractivity contribution in [2.75, 3.05) is 46.4 Å². The van der Waals surface area contributed by atoms with Crippen LogP contribution in [0, 0.1) is 0 Å². The summed E-state index contributed by atoms with van der Waals surface area (Å²) in [4.78, 5) is 24.7. The summed E-state index contributed by atoms with van der Waals surface area (Å²) in [6, 6.07) is 9.24. The van der Waals surface area contributed by atoms with Crippen LogP contribution in [-0.2, 0) is 11.2 Å². The largest absolute Gasteiger partial charge is 0.503 e. The van der Waals surface area contributed by atoms with Gasteiger partial charge in [-0.25, -0.2) is 9.80 Å². The molecule has 9 nitrogen and oxygen atoms in total. The SMILES string of the molecule is COc1ccc(CCC(=O)N(C2CCCCC2)N2CCN(C3CCNCC3)CC2)cc1.Cl.Cl.Cl.O=C(O)O. The maximum Gasteiger partial charge on any atom is 0.503 e. The molecular weight excluding hydrogens is 555 g/mol. The van der Waals surface area contributed by atoms with Crippen molar-refractivity contribution < 1.29 is 24.5 Å². The molecule has 0 bridgehead atoms. The Morgan fingerprint density at radius 2 is 1.47 bits per heavy atom. The molecule has 2 heterocycles. The number of carbonyl (C=O) groups excluding carboxylic acids is 1. The lowest BCUT2D eigenvalue weighted by atomic mass is 9.94. The van der Waals surface area contributed by atoms with Crippen molar-refractivity contribution in [3.63, 3.8) is 0 Å². The van der Waals surface area contributed by atoms with Gasteiger partial charge in [0.05, 0.1) is 7.11 Å². The lowest BCUT2D eigenvalue weighted by Crippen LogP contribution is -2.60. The van der Waals surface area contributed by atoms with E-state index in [1.807, 2.05) is 12.1 Å². The zero-order valence-corrected chi connectivity index (χ0v) is 24.7. The van der Waals surface area contributed by atoms with Crippen LogP contribution < -0.4 is 10.1 Å². The number of nitrogens with zero attached hydrogens (tertiary/aromatic N) is 3. The molecule has 1 saturated carbocycles. The van der Waals surface area contributed by atoms with Gasteiger partial charge >= 0.3 is 6.16 Å². The number of hydrogen-bond acceptors (Lipinski definition) is 6. The Hall–Kier alpha value is -1.49. The normalized spacial score (nSPS) is 18.9. The summed E-state index contributed by atoms with van der Waals surface area (Å²) in [6.45, 7) is 6.41. The van der Waals surface area contributed by atoms with Crippen molar-refractivity contribution in [1.29, 1.82) is 0 Å². The topological polar surface area (TPSA) is 106 Å². The Morgan fingerprint density at radius 1 is 0.921 bits per heavy atom. The van der Waals surface area contributed by atoms with Crippen LogP contribution in [-0.4, -0.2) is 95.7 Å². The van der Waals surface area contributed by atoms with E-state index in [2.05, 4.69) is 32.4 Å². The number of piperidine rings is 1. The third-order valence-corrected chi connectivity index (χ3v) is 7.38. The summed E-state index contributed by atoms with van der Waals surface area (Å²) in [5.41, 5.74) is 1.20. The van der Waals surface area contributed by atoms with E-state index in [1.54, 1.807) is 7.11 Å². The average molecular weight is 600 g/mol. The van der Waals surface area contributed by atoms with Crippen molar-refractivity contribution in [2.24, 2.45) is 0 Å². The first-order valence-corrected chi connectivity index (χ1v) is 13.0. The highest BCUT2D eigenvalue weighted by Gasteiger charge is 2.33. The zero-order chi connectivity index (χ0) is 25.0. The first kappa shape index (κ1) is 36.5. The Kier molecular flexibility index (Phi) is 18.8. The molecule has 0 aromatic heterocycles. The summed E-state index contributed by atoms with van der Waals surface area (Å²) in [5, 5.41) is 22.0. The highest BCUT2D eigenvalue weighted by Crippen LogP contribution is 2.26. The fraction of sp³-hybridized carbons (Fsp3) is 0.692. The van der Waals surface area contributed by atoms with Crippen LogP contribution in [0.3, 0.4) is 0 Å². The number of nitrogens with one attached hydrogen (secondary N) is 1. The minimum atomic E-state index is -1.83. The summed E-state index contributed by atoms with van der Waals surface area (Å²) in [6.07, 6.45) is 8.18.